The third kappa shape index (κ3) is 3.65. The summed E-state index contributed by atoms with van der Waals surface area (Å²) >= 11 is 6.10. The van der Waals surface area contributed by atoms with E-state index in [1.165, 1.54) is 16.8 Å². The molecule has 2 aromatic carbocycles. The lowest BCUT2D eigenvalue weighted by Crippen LogP contribution is -2.35. The predicted molar refractivity (Wildman–Crippen MR) is 113 cm³/mol. The van der Waals surface area contributed by atoms with Gasteiger partial charge in [-0.15, -0.1) is 0 Å². The molecule has 152 valence electrons. The summed E-state index contributed by atoms with van der Waals surface area (Å²) in [6.45, 7) is 1.83. The molecule has 0 bridgehead atoms. The number of aromatic nitrogens is 2. The molecule has 0 aliphatic carbocycles. The highest BCUT2D eigenvalue weighted by Gasteiger charge is 2.34. The Bertz CT molecular complexity index is 1170. The maximum Gasteiger partial charge on any atom is 0.249 e. The number of anilines is 2. The number of nitrogens with two attached hydrogens (primary N) is 1. The standard InChI is InChI=1S/C21H18ClN5O3/c1-11-18(13-3-2-4-14(22)9-13)26-27-16(10-17(28)25-20(11)27)21(30)24-15-7-5-12(6-8-15)19(23)29/h2-9,16H,10H2,1H3,(H2,23,29)(H,24,30)(H,25,28)/t16-/m0/s1. The van der Waals surface area contributed by atoms with Crippen LogP contribution in [0, 0.1) is 6.92 Å². The number of primary amides is 1. The molecule has 8 nitrogen and oxygen atoms in total. The fourth-order valence-corrected chi connectivity index (χ4v) is 3.59. The summed E-state index contributed by atoms with van der Waals surface area (Å²) in [7, 11) is 0. The van der Waals surface area contributed by atoms with Crippen LogP contribution in [0.3, 0.4) is 0 Å². The van der Waals surface area contributed by atoms with Crippen molar-refractivity contribution in [3.05, 3.63) is 64.7 Å². The molecule has 4 rings (SSSR count). The van der Waals surface area contributed by atoms with Crippen LogP contribution in [0.15, 0.2) is 48.5 Å². The van der Waals surface area contributed by atoms with Gasteiger partial charge in [-0.1, -0.05) is 23.7 Å². The maximum atomic E-state index is 12.9. The first-order valence-corrected chi connectivity index (χ1v) is 9.57. The lowest BCUT2D eigenvalue weighted by atomic mass is 10.1. The van der Waals surface area contributed by atoms with E-state index in [2.05, 4.69) is 15.7 Å². The SMILES string of the molecule is Cc1c(-c2cccc(Cl)c2)nn2c1NC(=O)C[C@H]2C(=O)Nc1ccc(C(N)=O)cc1. The molecule has 0 unspecified atom stereocenters. The molecule has 1 aliphatic rings. The van der Waals surface area contributed by atoms with Gasteiger partial charge in [-0.3, -0.25) is 14.4 Å². The van der Waals surface area contributed by atoms with Crippen molar-refractivity contribution < 1.29 is 14.4 Å². The lowest BCUT2D eigenvalue weighted by Gasteiger charge is -2.24. The topological polar surface area (TPSA) is 119 Å². The van der Waals surface area contributed by atoms with E-state index in [0.717, 1.165) is 11.1 Å². The van der Waals surface area contributed by atoms with E-state index < -0.39 is 17.9 Å². The van der Waals surface area contributed by atoms with Gasteiger partial charge in [0.1, 0.15) is 11.9 Å². The van der Waals surface area contributed by atoms with Gasteiger partial charge in [-0.05, 0) is 43.3 Å². The number of nitrogens with zero attached hydrogens (tertiary/aromatic N) is 2. The number of carbonyl (C=O) groups is 3. The van der Waals surface area contributed by atoms with E-state index in [4.69, 9.17) is 17.3 Å². The zero-order valence-corrected chi connectivity index (χ0v) is 16.7. The van der Waals surface area contributed by atoms with E-state index in [1.807, 2.05) is 19.1 Å². The zero-order chi connectivity index (χ0) is 21.4. The Kier molecular flexibility index (Phi) is 5.01. The number of hydrogen-bond donors (Lipinski definition) is 3. The van der Waals surface area contributed by atoms with Crippen LogP contribution in [-0.2, 0) is 9.59 Å². The number of halogens is 1. The number of amides is 3. The summed E-state index contributed by atoms with van der Waals surface area (Å²) in [5.41, 5.74) is 8.22. The molecular formula is C21H18ClN5O3. The van der Waals surface area contributed by atoms with Crippen molar-refractivity contribution in [2.45, 2.75) is 19.4 Å². The number of carbonyl (C=O) groups excluding carboxylic acids is 3. The van der Waals surface area contributed by atoms with Gasteiger partial charge in [-0.25, -0.2) is 4.68 Å². The second-order valence-corrected chi connectivity index (χ2v) is 7.41. The third-order valence-electron chi connectivity index (χ3n) is 4.92. The van der Waals surface area contributed by atoms with E-state index in [9.17, 15) is 14.4 Å². The molecule has 1 aliphatic heterocycles. The highest BCUT2D eigenvalue weighted by atomic mass is 35.5. The van der Waals surface area contributed by atoms with Crippen LogP contribution in [0.5, 0.6) is 0 Å². The smallest absolute Gasteiger partial charge is 0.249 e. The first kappa shape index (κ1) is 19.7. The highest BCUT2D eigenvalue weighted by Crippen LogP contribution is 2.35. The molecule has 0 fully saturated rings. The Balaban J connectivity index is 1.66. The van der Waals surface area contributed by atoms with Crippen LogP contribution >= 0.6 is 11.6 Å². The number of hydrogen-bond acceptors (Lipinski definition) is 4. The van der Waals surface area contributed by atoms with Gasteiger partial charge in [0.2, 0.25) is 17.7 Å². The minimum atomic E-state index is -0.823. The molecule has 0 saturated heterocycles. The summed E-state index contributed by atoms with van der Waals surface area (Å²) in [5.74, 6) is -0.738. The van der Waals surface area contributed by atoms with Gasteiger partial charge < -0.3 is 16.4 Å². The van der Waals surface area contributed by atoms with Crippen molar-refractivity contribution in [1.29, 1.82) is 0 Å². The highest BCUT2D eigenvalue weighted by molar-refractivity contribution is 6.30. The Morgan fingerprint density at radius 3 is 2.63 bits per heavy atom. The average molecular weight is 424 g/mol. The molecule has 2 heterocycles. The van der Waals surface area contributed by atoms with Crippen molar-refractivity contribution >= 4 is 40.8 Å². The monoisotopic (exact) mass is 423 g/mol. The first-order chi connectivity index (χ1) is 14.3. The second-order valence-electron chi connectivity index (χ2n) is 6.98. The van der Waals surface area contributed by atoms with Gasteiger partial charge in [0, 0.05) is 27.4 Å². The first-order valence-electron chi connectivity index (χ1n) is 9.19. The molecule has 0 saturated carbocycles. The molecule has 4 N–H and O–H groups in total. The van der Waals surface area contributed by atoms with Crippen LogP contribution in [0.25, 0.3) is 11.3 Å². The summed E-state index contributed by atoms with van der Waals surface area (Å²) in [6.07, 6.45) is -0.0473. The largest absolute Gasteiger partial charge is 0.366 e. The molecule has 1 atom stereocenters. The van der Waals surface area contributed by atoms with E-state index >= 15 is 0 Å². The van der Waals surface area contributed by atoms with Crippen LogP contribution in [-0.4, -0.2) is 27.5 Å². The molecule has 3 amide bonds. The van der Waals surface area contributed by atoms with E-state index in [0.29, 0.717) is 27.8 Å². The number of fused-ring (bicyclic) bond motifs is 1. The maximum absolute atomic E-state index is 12.9. The van der Waals surface area contributed by atoms with Crippen LogP contribution in [0.1, 0.15) is 28.4 Å². The number of nitrogens with one attached hydrogen (secondary N) is 2. The Hall–Kier alpha value is -3.65. The van der Waals surface area contributed by atoms with Gasteiger partial charge in [-0.2, -0.15) is 5.10 Å². The normalized spacial score (nSPS) is 15.3. The van der Waals surface area contributed by atoms with Gasteiger partial charge in [0.05, 0.1) is 12.1 Å². The van der Waals surface area contributed by atoms with Crippen molar-refractivity contribution in [1.82, 2.24) is 9.78 Å². The number of rotatable bonds is 4. The summed E-state index contributed by atoms with van der Waals surface area (Å²) < 4.78 is 1.53. The Labute approximate surface area is 177 Å². The van der Waals surface area contributed by atoms with Crippen LogP contribution in [0.4, 0.5) is 11.5 Å². The van der Waals surface area contributed by atoms with Crippen molar-refractivity contribution in [2.24, 2.45) is 5.73 Å². The molecule has 9 heteroatoms. The summed E-state index contributed by atoms with van der Waals surface area (Å²) in [5, 5.41) is 10.7. The molecule has 30 heavy (non-hydrogen) atoms. The van der Waals surface area contributed by atoms with Crippen molar-refractivity contribution in [2.75, 3.05) is 10.6 Å². The summed E-state index contributed by atoms with van der Waals surface area (Å²) in [6, 6.07) is 12.6. The minimum absolute atomic E-state index is 0.0473. The second kappa shape index (κ2) is 7.64. The quantitative estimate of drug-likeness (QED) is 0.597. The summed E-state index contributed by atoms with van der Waals surface area (Å²) in [4.78, 5) is 36.4. The third-order valence-corrected chi connectivity index (χ3v) is 5.15. The lowest BCUT2D eigenvalue weighted by molar-refractivity contribution is -0.125. The van der Waals surface area contributed by atoms with Crippen LogP contribution in [0.2, 0.25) is 5.02 Å². The molecule has 0 spiro atoms. The minimum Gasteiger partial charge on any atom is -0.366 e. The molecule has 1 aromatic heterocycles. The van der Waals surface area contributed by atoms with Gasteiger partial charge in [0.15, 0.2) is 0 Å². The Morgan fingerprint density at radius 1 is 1.23 bits per heavy atom. The van der Waals surface area contributed by atoms with E-state index in [1.54, 1.807) is 24.3 Å². The fraction of sp³-hybridized carbons (Fsp3) is 0.143. The van der Waals surface area contributed by atoms with E-state index in [-0.39, 0.29) is 12.3 Å². The molecule has 0 radical (unpaired) electrons. The predicted octanol–water partition coefficient (Wildman–Crippen LogP) is 3.13. The number of benzene rings is 2. The van der Waals surface area contributed by atoms with Gasteiger partial charge >= 0.3 is 0 Å². The molecular weight excluding hydrogens is 406 g/mol. The average Bonchev–Trinajstić information content (AvgIpc) is 3.04. The van der Waals surface area contributed by atoms with Crippen molar-refractivity contribution in [3.63, 3.8) is 0 Å². The van der Waals surface area contributed by atoms with Crippen LogP contribution < -0.4 is 16.4 Å². The van der Waals surface area contributed by atoms with Crippen molar-refractivity contribution in [3.8, 4) is 11.3 Å². The van der Waals surface area contributed by atoms with Gasteiger partial charge in [0.25, 0.3) is 0 Å². The molecule has 3 aromatic rings. The Morgan fingerprint density at radius 2 is 1.97 bits per heavy atom. The zero-order valence-electron chi connectivity index (χ0n) is 16.0. The fourth-order valence-electron chi connectivity index (χ4n) is 3.40.